The van der Waals surface area contributed by atoms with Crippen LogP contribution in [0.25, 0.3) is 10.9 Å². The van der Waals surface area contributed by atoms with Crippen LogP contribution in [0.15, 0.2) is 23.1 Å². The maximum absolute atomic E-state index is 4.81. The Labute approximate surface area is 118 Å². The summed E-state index contributed by atoms with van der Waals surface area (Å²) in [5.74, 6) is 0. The first-order chi connectivity index (χ1) is 9.04. The SMILES string of the molecule is CCCc1c(C)nc2c(C)cccc2c1SC([NH3+])[NH3+]. The van der Waals surface area contributed by atoms with E-state index >= 15 is 0 Å². The van der Waals surface area contributed by atoms with E-state index in [4.69, 9.17) is 4.98 Å². The van der Waals surface area contributed by atoms with Crippen LogP contribution in [0.5, 0.6) is 0 Å². The van der Waals surface area contributed by atoms with Gasteiger partial charge in [0.1, 0.15) is 0 Å². The van der Waals surface area contributed by atoms with Crippen LogP contribution in [0, 0.1) is 13.8 Å². The molecule has 0 unspecified atom stereocenters. The second-order valence-corrected chi connectivity index (χ2v) is 6.28. The Balaban J connectivity index is 2.74. The van der Waals surface area contributed by atoms with Crippen LogP contribution in [0.1, 0.15) is 30.2 Å². The Kier molecular flexibility index (Phi) is 4.45. The Hall–Kier alpha value is -1.10. The van der Waals surface area contributed by atoms with E-state index in [0.29, 0.717) is 0 Å². The van der Waals surface area contributed by atoms with E-state index in [9.17, 15) is 0 Å². The van der Waals surface area contributed by atoms with Gasteiger partial charge in [-0.3, -0.25) is 16.5 Å². The molecule has 0 spiro atoms. The van der Waals surface area contributed by atoms with Crippen molar-refractivity contribution in [3.05, 3.63) is 35.0 Å². The summed E-state index contributed by atoms with van der Waals surface area (Å²) in [7, 11) is 0. The van der Waals surface area contributed by atoms with Crippen molar-refractivity contribution in [1.29, 1.82) is 0 Å². The van der Waals surface area contributed by atoms with E-state index in [1.807, 2.05) is 0 Å². The maximum Gasteiger partial charge on any atom is 0.260 e. The number of fused-ring (bicyclic) bond motifs is 1. The molecule has 0 aliphatic heterocycles. The predicted molar refractivity (Wildman–Crippen MR) is 80.6 cm³/mol. The number of thioether (sulfide) groups is 1. The van der Waals surface area contributed by atoms with E-state index < -0.39 is 0 Å². The number of pyridine rings is 1. The minimum absolute atomic E-state index is 0.0983. The molecule has 0 aliphatic carbocycles. The highest BCUT2D eigenvalue weighted by molar-refractivity contribution is 7.99. The molecule has 1 aromatic heterocycles. The number of aromatic nitrogens is 1. The van der Waals surface area contributed by atoms with Crippen molar-refractivity contribution in [2.24, 2.45) is 0 Å². The third-order valence-corrected chi connectivity index (χ3v) is 4.29. The molecule has 102 valence electrons. The third kappa shape index (κ3) is 2.91. The van der Waals surface area contributed by atoms with Crippen molar-refractivity contribution >= 4 is 22.7 Å². The van der Waals surface area contributed by atoms with Gasteiger partial charge in [0.15, 0.2) is 0 Å². The van der Waals surface area contributed by atoms with Gasteiger partial charge in [-0.05, 0) is 31.4 Å². The van der Waals surface area contributed by atoms with Gasteiger partial charge >= 0.3 is 0 Å². The average molecular weight is 277 g/mol. The molecule has 0 atom stereocenters. The van der Waals surface area contributed by atoms with Crippen molar-refractivity contribution in [2.75, 3.05) is 0 Å². The molecule has 2 rings (SSSR count). The Morgan fingerprint density at radius 3 is 2.63 bits per heavy atom. The number of hydrogen-bond donors (Lipinski definition) is 2. The van der Waals surface area contributed by atoms with E-state index in [2.05, 4.69) is 50.4 Å². The minimum atomic E-state index is 0.0983. The van der Waals surface area contributed by atoms with Crippen LogP contribution >= 0.6 is 11.8 Å². The summed E-state index contributed by atoms with van der Waals surface area (Å²) in [6.07, 6.45) is 2.20. The number of rotatable bonds is 4. The Morgan fingerprint density at radius 2 is 2.00 bits per heavy atom. The highest BCUT2D eigenvalue weighted by atomic mass is 32.2. The van der Waals surface area contributed by atoms with Crippen molar-refractivity contribution in [1.82, 2.24) is 4.98 Å². The van der Waals surface area contributed by atoms with Gasteiger partial charge in [0, 0.05) is 27.7 Å². The van der Waals surface area contributed by atoms with Crippen LogP contribution in [0.2, 0.25) is 0 Å². The fourth-order valence-electron chi connectivity index (χ4n) is 2.40. The predicted octanol–water partition coefficient (Wildman–Crippen LogP) is 1.66. The fourth-order valence-corrected chi connectivity index (χ4v) is 3.42. The molecule has 6 N–H and O–H groups in total. The van der Waals surface area contributed by atoms with Crippen LogP contribution in [-0.4, -0.2) is 10.5 Å². The molecular weight excluding hydrogens is 254 g/mol. The molecule has 1 heterocycles. The zero-order valence-corrected chi connectivity index (χ0v) is 12.8. The summed E-state index contributed by atoms with van der Waals surface area (Å²) in [5.41, 5.74) is 13.0. The Morgan fingerprint density at radius 1 is 1.26 bits per heavy atom. The number of quaternary nitrogens is 2. The fraction of sp³-hybridized carbons (Fsp3) is 0.400. The van der Waals surface area contributed by atoms with Crippen LogP contribution in [0.3, 0.4) is 0 Å². The summed E-state index contributed by atoms with van der Waals surface area (Å²) in [6, 6.07) is 6.39. The lowest BCUT2D eigenvalue weighted by Gasteiger charge is -2.15. The number of nitrogens with zero attached hydrogens (tertiary/aromatic N) is 1. The second kappa shape index (κ2) is 5.90. The standard InChI is InChI=1S/C15H21N3S/c1-4-6-11-10(3)18-13-9(2)7-5-8-12(13)14(11)19-15(16)17/h5,7-8,15H,4,6,16-17H2,1-3H3/p+2. The van der Waals surface area contributed by atoms with Crippen molar-refractivity contribution in [2.45, 2.75) is 44.0 Å². The van der Waals surface area contributed by atoms with Crippen molar-refractivity contribution in [3.8, 4) is 0 Å². The molecule has 19 heavy (non-hydrogen) atoms. The first-order valence-electron chi connectivity index (χ1n) is 6.76. The van der Waals surface area contributed by atoms with Crippen molar-refractivity contribution in [3.63, 3.8) is 0 Å². The molecule has 2 aromatic rings. The average Bonchev–Trinajstić information content (AvgIpc) is 2.34. The van der Waals surface area contributed by atoms with Gasteiger partial charge in [-0.25, -0.2) is 0 Å². The Bertz CT molecular complexity index is 593. The van der Waals surface area contributed by atoms with Gasteiger partial charge < -0.3 is 0 Å². The summed E-state index contributed by atoms with van der Waals surface area (Å²) in [5, 5.41) is 1.25. The molecule has 0 radical (unpaired) electrons. The van der Waals surface area contributed by atoms with Gasteiger partial charge in [-0.15, -0.1) is 0 Å². The number of aryl methyl sites for hydroxylation is 2. The number of benzene rings is 1. The molecule has 0 saturated carbocycles. The molecule has 0 bridgehead atoms. The zero-order chi connectivity index (χ0) is 14.0. The molecule has 0 fully saturated rings. The van der Waals surface area contributed by atoms with E-state index in [1.165, 1.54) is 21.4 Å². The lowest BCUT2D eigenvalue weighted by atomic mass is 10.0. The molecule has 0 amide bonds. The van der Waals surface area contributed by atoms with Gasteiger partial charge in [0.25, 0.3) is 5.50 Å². The lowest BCUT2D eigenvalue weighted by molar-refractivity contribution is -0.619. The van der Waals surface area contributed by atoms with Gasteiger partial charge in [-0.2, -0.15) is 0 Å². The van der Waals surface area contributed by atoms with E-state index in [-0.39, 0.29) is 5.50 Å². The monoisotopic (exact) mass is 277 g/mol. The van der Waals surface area contributed by atoms with Crippen LogP contribution < -0.4 is 11.5 Å². The smallest absolute Gasteiger partial charge is 0.260 e. The third-order valence-electron chi connectivity index (χ3n) is 3.26. The van der Waals surface area contributed by atoms with E-state index in [1.54, 1.807) is 11.8 Å². The number of hydrogen-bond acceptors (Lipinski definition) is 2. The second-order valence-electron chi connectivity index (χ2n) is 4.97. The van der Waals surface area contributed by atoms with Crippen LogP contribution in [-0.2, 0) is 6.42 Å². The molecule has 0 saturated heterocycles. The first kappa shape index (κ1) is 14.3. The number of para-hydroxylation sites is 1. The summed E-state index contributed by atoms with van der Waals surface area (Å²) < 4.78 is 0. The van der Waals surface area contributed by atoms with Crippen LogP contribution in [0.4, 0.5) is 0 Å². The quantitative estimate of drug-likeness (QED) is 0.659. The summed E-state index contributed by atoms with van der Waals surface area (Å²) in [6.45, 7) is 6.44. The highest BCUT2D eigenvalue weighted by Crippen LogP contribution is 2.34. The topological polar surface area (TPSA) is 68.2 Å². The van der Waals surface area contributed by atoms with Gasteiger partial charge in [0.2, 0.25) is 0 Å². The molecular formula is C15H23N3S+2. The first-order valence-corrected chi connectivity index (χ1v) is 7.64. The molecule has 0 aliphatic rings. The summed E-state index contributed by atoms with van der Waals surface area (Å²) >= 11 is 1.76. The molecule has 4 heteroatoms. The molecule has 1 aromatic carbocycles. The summed E-state index contributed by atoms with van der Waals surface area (Å²) in [4.78, 5) is 6.13. The maximum atomic E-state index is 4.81. The lowest BCUT2D eigenvalue weighted by Crippen LogP contribution is -2.82. The van der Waals surface area contributed by atoms with Gasteiger partial charge in [-0.1, -0.05) is 31.5 Å². The minimum Gasteiger partial charge on any atom is -0.299 e. The van der Waals surface area contributed by atoms with Crippen molar-refractivity contribution < 1.29 is 11.5 Å². The molecule has 3 nitrogen and oxygen atoms in total. The van der Waals surface area contributed by atoms with E-state index in [0.717, 1.165) is 24.1 Å². The zero-order valence-electron chi connectivity index (χ0n) is 12.0. The normalized spacial score (nSPS) is 11.5. The largest absolute Gasteiger partial charge is 0.299 e. The highest BCUT2D eigenvalue weighted by Gasteiger charge is 2.17. The van der Waals surface area contributed by atoms with Gasteiger partial charge in [0.05, 0.1) is 5.52 Å².